The molecule has 1 aromatic heterocycles. The molecule has 0 aliphatic heterocycles. The Bertz CT molecular complexity index is 1170. The quantitative estimate of drug-likeness (QED) is 0.422. The van der Waals surface area contributed by atoms with Crippen LogP contribution in [0.15, 0.2) is 48.5 Å². The molecule has 0 unspecified atom stereocenters. The van der Waals surface area contributed by atoms with Gasteiger partial charge in [0.1, 0.15) is 6.10 Å². The molecular weight excluding hydrogens is 398 g/mol. The van der Waals surface area contributed by atoms with Gasteiger partial charge < -0.3 is 4.74 Å². The summed E-state index contributed by atoms with van der Waals surface area (Å²) in [6.07, 6.45) is 3.23. The SMILES string of the molecule is CC(C)[C@@H]1CC[C@@H](C)C[C@H]1OC(=O)Cn1c(-c2cccc(C#N)c2)[n+](C)c2ccccc21. The Morgan fingerprint density at radius 2 is 2.00 bits per heavy atom. The number of benzene rings is 2. The maximum atomic E-state index is 13.2. The van der Waals surface area contributed by atoms with Gasteiger partial charge in [-0.3, -0.25) is 0 Å². The Morgan fingerprint density at radius 3 is 2.75 bits per heavy atom. The van der Waals surface area contributed by atoms with Crippen LogP contribution >= 0.6 is 0 Å². The molecule has 1 fully saturated rings. The summed E-state index contributed by atoms with van der Waals surface area (Å²) in [6.45, 7) is 6.84. The third kappa shape index (κ3) is 4.27. The van der Waals surface area contributed by atoms with Crippen LogP contribution in [-0.4, -0.2) is 16.6 Å². The van der Waals surface area contributed by atoms with Crippen LogP contribution in [0.25, 0.3) is 22.4 Å². The van der Waals surface area contributed by atoms with Gasteiger partial charge in [-0.25, -0.2) is 13.9 Å². The molecule has 0 spiro atoms. The summed E-state index contributed by atoms with van der Waals surface area (Å²) in [6, 6.07) is 17.8. The minimum atomic E-state index is -0.200. The second-order valence-electron chi connectivity index (χ2n) is 9.50. The van der Waals surface area contributed by atoms with Crippen LogP contribution in [0.2, 0.25) is 0 Å². The van der Waals surface area contributed by atoms with Crippen molar-refractivity contribution in [3.8, 4) is 17.5 Å². The number of nitrogens with zero attached hydrogens (tertiary/aromatic N) is 3. The molecule has 5 nitrogen and oxygen atoms in total. The molecule has 1 aliphatic rings. The summed E-state index contributed by atoms with van der Waals surface area (Å²) >= 11 is 0. The fourth-order valence-electron chi connectivity index (χ4n) is 5.21. The molecule has 166 valence electrons. The van der Waals surface area contributed by atoms with Gasteiger partial charge in [-0.1, -0.05) is 45.4 Å². The van der Waals surface area contributed by atoms with Crippen molar-refractivity contribution in [3.63, 3.8) is 0 Å². The predicted octanol–water partition coefficient (Wildman–Crippen LogP) is 5.01. The van der Waals surface area contributed by atoms with Gasteiger partial charge in [0.05, 0.1) is 24.2 Å². The number of fused-ring (bicyclic) bond motifs is 1. The highest BCUT2D eigenvalue weighted by molar-refractivity contribution is 5.79. The minimum absolute atomic E-state index is 0.0211. The summed E-state index contributed by atoms with van der Waals surface area (Å²) < 4.78 is 10.2. The molecule has 2 aromatic carbocycles. The van der Waals surface area contributed by atoms with Crippen molar-refractivity contribution in [2.24, 2.45) is 24.8 Å². The van der Waals surface area contributed by atoms with Gasteiger partial charge in [0, 0.05) is 0 Å². The lowest BCUT2D eigenvalue weighted by Crippen LogP contribution is -2.37. The number of para-hydroxylation sites is 2. The zero-order valence-corrected chi connectivity index (χ0v) is 19.4. The number of nitriles is 1. The number of hydrogen-bond acceptors (Lipinski definition) is 3. The molecular formula is C27H32N3O2+. The van der Waals surface area contributed by atoms with Crippen molar-refractivity contribution in [2.75, 3.05) is 0 Å². The second kappa shape index (κ2) is 9.16. The van der Waals surface area contributed by atoms with Crippen molar-refractivity contribution in [1.82, 2.24) is 4.57 Å². The lowest BCUT2D eigenvalue weighted by molar-refractivity contribution is -0.634. The number of ether oxygens (including phenoxy) is 1. The number of aromatic nitrogens is 2. The molecule has 4 rings (SSSR count). The van der Waals surface area contributed by atoms with Crippen LogP contribution in [0, 0.1) is 29.1 Å². The fraction of sp³-hybridized carbons (Fsp3) is 0.444. The van der Waals surface area contributed by atoms with Crippen LogP contribution in [0.5, 0.6) is 0 Å². The molecule has 0 bridgehead atoms. The number of rotatable bonds is 5. The van der Waals surface area contributed by atoms with E-state index in [2.05, 4.69) is 31.4 Å². The number of esters is 1. The first-order chi connectivity index (χ1) is 15.4. The lowest BCUT2D eigenvalue weighted by atomic mass is 9.75. The van der Waals surface area contributed by atoms with Crippen molar-refractivity contribution < 1.29 is 14.1 Å². The zero-order chi connectivity index (χ0) is 22.8. The molecule has 0 N–H and O–H groups in total. The van der Waals surface area contributed by atoms with Gasteiger partial charge in [-0.05, 0) is 60.9 Å². The molecule has 3 atom stereocenters. The van der Waals surface area contributed by atoms with Gasteiger partial charge >= 0.3 is 5.97 Å². The fourth-order valence-corrected chi connectivity index (χ4v) is 5.21. The average molecular weight is 431 g/mol. The monoisotopic (exact) mass is 430 g/mol. The minimum Gasteiger partial charge on any atom is -0.459 e. The zero-order valence-electron chi connectivity index (χ0n) is 19.4. The average Bonchev–Trinajstić information content (AvgIpc) is 3.05. The molecule has 0 radical (unpaired) electrons. The van der Waals surface area contributed by atoms with Gasteiger partial charge in [-0.15, -0.1) is 0 Å². The van der Waals surface area contributed by atoms with E-state index in [1.807, 2.05) is 54.1 Å². The van der Waals surface area contributed by atoms with E-state index in [-0.39, 0.29) is 18.6 Å². The van der Waals surface area contributed by atoms with E-state index in [4.69, 9.17) is 4.74 Å². The van der Waals surface area contributed by atoms with Gasteiger partial charge in [0.2, 0.25) is 0 Å². The first-order valence-corrected chi connectivity index (χ1v) is 11.6. The van der Waals surface area contributed by atoms with E-state index in [0.717, 1.165) is 35.3 Å². The van der Waals surface area contributed by atoms with Crippen molar-refractivity contribution in [3.05, 3.63) is 54.1 Å². The Hall–Kier alpha value is -3.13. The van der Waals surface area contributed by atoms with E-state index in [1.165, 1.54) is 6.42 Å². The standard InChI is InChI=1S/C27H32N3O2/c1-18(2)22-13-12-19(3)14-25(22)32-26(31)17-30-24-11-6-5-10-23(24)29(4)27(30)21-9-7-8-20(15-21)16-28/h5-11,15,18-19,22,25H,12-14,17H2,1-4H3/q+1/t19-,22+,25-/m1/s1. The summed E-state index contributed by atoms with van der Waals surface area (Å²) in [5.74, 6) is 2.18. The van der Waals surface area contributed by atoms with E-state index < -0.39 is 0 Å². The summed E-state index contributed by atoms with van der Waals surface area (Å²) in [7, 11) is 2.00. The third-order valence-corrected chi connectivity index (χ3v) is 6.89. The predicted molar refractivity (Wildman–Crippen MR) is 124 cm³/mol. The van der Waals surface area contributed by atoms with Crippen LogP contribution in [0.4, 0.5) is 0 Å². The highest BCUT2D eigenvalue weighted by atomic mass is 16.5. The summed E-state index contributed by atoms with van der Waals surface area (Å²) in [5, 5.41) is 9.37. The number of carbonyl (C=O) groups excluding carboxylic acids is 1. The molecule has 0 amide bonds. The Kier molecular flexibility index (Phi) is 6.32. The van der Waals surface area contributed by atoms with E-state index in [0.29, 0.717) is 23.3 Å². The lowest BCUT2D eigenvalue weighted by Gasteiger charge is -2.36. The second-order valence-corrected chi connectivity index (χ2v) is 9.50. The van der Waals surface area contributed by atoms with Crippen molar-refractivity contribution in [2.45, 2.75) is 52.7 Å². The smallest absolute Gasteiger partial charge is 0.348 e. The van der Waals surface area contributed by atoms with Gasteiger partial charge in [-0.2, -0.15) is 5.26 Å². The summed E-state index contributed by atoms with van der Waals surface area (Å²) in [4.78, 5) is 13.2. The number of imidazole rings is 1. The van der Waals surface area contributed by atoms with Crippen molar-refractivity contribution in [1.29, 1.82) is 5.26 Å². The van der Waals surface area contributed by atoms with Gasteiger partial charge in [0.15, 0.2) is 17.6 Å². The molecule has 0 saturated heterocycles. The number of hydrogen-bond donors (Lipinski definition) is 0. The van der Waals surface area contributed by atoms with Crippen LogP contribution in [0.3, 0.4) is 0 Å². The van der Waals surface area contributed by atoms with Crippen LogP contribution in [0.1, 0.15) is 45.6 Å². The highest BCUT2D eigenvalue weighted by Crippen LogP contribution is 2.35. The summed E-state index contributed by atoms with van der Waals surface area (Å²) in [5.41, 5.74) is 3.51. The largest absolute Gasteiger partial charge is 0.459 e. The van der Waals surface area contributed by atoms with E-state index in [9.17, 15) is 10.1 Å². The normalized spacial score (nSPS) is 20.9. The van der Waals surface area contributed by atoms with Crippen molar-refractivity contribution >= 4 is 17.0 Å². The topological polar surface area (TPSA) is 58.9 Å². The first kappa shape index (κ1) is 22.1. The number of carbonyl (C=O) groups is 1. The first-order valence-electron chi connectivity index (χ1n) is 11.6. The highest BCUT2D eigenvalue weighted by Gasteiger charge is 2.34. The molecule has 1 heterocycles. The Labute approximate surface area is 190 Å². The molecule has 1 saturated carbocycles. The van der Waals surface area contributed by atoms with Crippen LogP contribution in [-0.2, 0) is 23.1 Å². The third-order valence-electron chi connectivity index (χ3n) is 6.89. The van der Waals surface area contributed by atoms with Gasteiger partial charge in [0.25, 0.3) is 5.82 Å². The van der Waals surface area contributed by atoms with Crippen LogP contribution < -0.4 is 4.57 Å². The maximum Gasteiger partial charge on any atom is 0.348 e. The molecule has 3 aromatic rings. The Morgan fingerprint density at radius 1 is 1.22 bits per heavy atom. The Balaban J connectivity index is 1.69. The van der Waals surface area contributed by atoms with E-state index in [1.54, 1.807) is 6.07 Å². The van der Waals surface area contributed by atoms with E-state index >= 15 is 0 Å². The maximum absolute atomic E-state index is 13.2. The molecule has 5 heteroatoms. The molecule has 1 aliphatic carbocycles. The molecule has 32 heavy (non-hydrogen) atoms. The number of aryl methyl sites for hydroxylation is 1.